The minimum Gasteiger partial charge on any atom is -0.377 e. The maximum absolute atomic E-state index is 5.70. The van der Waals surface area contributed by atoms with Gasteiger partial charge in [-0.25, -0.2) is 0 Å². The third kappa shape index (κ3) is 5.36. The van der Waals surface area contributed by atoms with Crippen LogP contribution in [0, 0.1) is 5.41 Å². The monoisotopic (exact) mass is 242 g/mol. The quantitative estimate of drug-likeness (QED) is 0.705. The van der Waals surface area contributed by atoms with E-state index in [0.29, 0.717) is 11.5 Å². The van der Waals surface area contributed by atoms with Crippen LogP contribution >= 0.6 is 0 Å². The summed E-state index contributed by atoms with van der Waals surface area (Å²) in [6, 6.07) is 0. The molecule has 1 rings (SSSR count). The van der Waals surface area contributed by atoms with Crippen molar-refractivity contribution in [2.45, 2.75) is 45.6 Å². The molecule has 0 aromatic carbocycles. The van der Waals surface area contributed by atoms with Gasteiger partial charge in [-0.2, -0.15) is 0 Å². The van der Waals surface area contributed by atoms with Crippen LogP contribution in [0.2, 0.25) is 0 Å². The van der Waals surface area contributed by atoms with E-state index in [2.05, 4.69) is 31.1 Å². The number of rotatable bonds is 8. The highest BCUT2D eigenvalue weighted by molar-refractivity contribution is 4.80. The molecule has 1 saturated heterocycles. The number of hydrogen-bond donors (Lipinski definition) is 1. The molecule has 3 nitrogen and oxygen atoms in total. The molecule has 0 saturated carbocycles. The molecular formula is C14H30N2O. The predicted octanol–water partition coefficient (Wildman–Crippen LogP) is 2.12. The molecule has 1 aliphatic heterocycles. The molecule has 0 bridgehead atoms. The Kier molecular flexibility index (Phi) is 6.45. The average Bonchev–Trinajstić information content (AvgIpc) is 2.70. The second-order valence-electron chi connectivity index (χ2n) is 5.92. The van der Waals surface area contributed by atoms with Gasteiger partial charge in [0.25, 0.3) is 0 Å². The fourth-order valence-corrected chi connectivity index (χ4v) is 3.11. The van der Waals surface area contributed by atoms with Gasteiger partial charge in [-0.1, -0.05) is 20.3 Å². The normalized spacial score (nSPS) is 24.2. The lowest BCUT2D eigenvalue weighted by Gasteiger charge is -2.34. The third-order valence-electron chi connectivity index (χ3n) is 3.65. The summed E-state index contributed by atoms with van der Waals surface area (Å²) >= 11 is 0. The summed E-state index contributed by atoms with van der Waals surface area (Å²) in [5.74, 6) is 0. The van der Waals surface area contributed by atoms with Gasteiger partial charge < -0.3 is 15.0 Å². The molecule has 1 fully saturated rings. The number of hydrogen-bond acceptors (Lipinski definition) is 3. The number of nitrogens with one attached hydrogen (secondary N) is 1. The summed E-state index contributed by atoms with van der Waals surface area (Å²) in [4.78, 5) is 2.45. The van der Waals surface area contributed by atoms with Crippen LogP contribution in [0.4, 0.5) is 0 Å². The fourth-order valence-electron chi connectivity index (χ4n) is 3.11. The first-order valence-electron chi connectivity index (χ1n) is 7.04. The third-order valence-corrected chi connectivity index (χ3v) is 3.65. The van der Waals surface area contributed by atoms with Crippen molar-refractivity contribution >= 4 is 0 Å². The zero-order valence-electron chi connectivity index (χ0n) is 12.1. The van der Waals surface area contributed by atoms with Crippen molar-refractivity contribution in [3.8, 4) is 0 Å². The van der Waals surface area contributed by atoms with Crippen molar-refractivity contribution in [2.24, 2.45) is 5.41 Å². The van der Waals surface area contributed by atoms with Crippen molar-refractivity contribution in [1.82, 2.24) is 10.2 Å². The van der Waals surface area contributed by atoms with Gasteiger partial charge in [0.15, 0.2) is 0 Å². The van der Waals surface area contributed by atoms with Crippen LogP contribution in [0.25, 0.3) is 0 Å². The maximum Gasteiger partial charge on any atom is 0.0702 e. The Morgan fingerprint density at radius 1 is 1.47 bits per heavy atom. The van der Waals surface area contributed by atoms with Crippen molar-refractivity contribution < 1.29 is 4.74 Å². The molecule has 2 atom stereocenters. The van der Waals surface area contributed by atoms with Crippen molar-refractivity contribution in [3.63, 3.8) is 0 Å². The smallest absolute Gasteiger partial charge is 0.0702 e. The summed E-state index contributed by atoms with van der Waals surface area (Å²) in [5, 5.41) is 3.33. The SMILES string of the molecule is CCCC(C)(CNC)CN(C)CC1CCCO1. The van der Waals surface area contributed by atoms with E-state index in [1.165, 1.54) is 25.7 Å². The van der Waals surface area contributed by atoms with E-state index in [4.69, 9.17) is 4.74 Å². The van der Waals surface area contributed by atoms with Crippen LogP contribution in [0.1, 0.15) is 39.5 Å². The molecule has 1 aliphatic rings. The van der Waals surface area contributed by atoms with E-state index in [-0.39, 0.29) is 0 Å². The summed E-state index contributed by atoms with van der Waals surface area (Å²) in [6.45, 7) is 8.95. The van der Waals surface area contributed by atoms with E-state index in [0.717, 1.165) is 26.2 Å². The Bertz CT molecular complexity index is 196. The minimum absolute atomic E-state index is 0.386. The second kappa shape index (κ2) is 7.34. The molecule has 0 aliphatic carbocycles. The summed E-state index contributed by atoms with van der Waals surface area (Å²) in [7, 11) is 4.28. The number of likely N-dealkylation sites (N-methyl/N-ethyl adjacent to an activating group) is 1. The van der Waals surface area contributed by atoms with E-state index in [9.17, 15) is 0 Å². The lowest BCUT2D eigenvalue weighted by Crippen LogP contribution is -2.42. The van der Waals surface area contributed by atoms with Gasteiger partial charge in [0.1, 0.15) is 0 Å². The van der Waals surface area contributed by atoms with E-state index in [1.54, 1.807) is 0 Å². The summed E-state index contributed by atoms with van der Waals surface area (Å²) in [5.41, 5.74) is 0.386. The highest BCUT2D eigenvalue weighted by Gasteiger charge is 2.26. The Morgan fingerprint density at radius 3 is 2.76 bits per heavy atom. The molecule has 0 amide bonds. The van der Waals surface area contributed by atoms with Crippen molar-refractivity contribution in [1.29, 1.82) is 0 Å². The minimum atomic E-state index is 0.386. The standard InChI is InChI=1S/C14H30N2O/c1-5-8-14(2,11-15-3)12-16(4)10-13-7-6-9-17-13/h13,15H,5-12H2,1-4H3. The Balaban J connectivity index is 2.36. The van der Waals surface area contributed by atoms with Gasteiger partial charge >= 0.3 is 0 Å². The molecule has 0 spiro atoms. The first-order valence-corrected chi connectivity index (χ1v) is 7.04. The highest BCUT2D eigenvalue weighted by Crippen LogP contribution is 2.24. The number of ether oxygens (including phenoxy) is 1. The Hall–Kier alpha value is -0.120. The summed E-state index contributed by atoms with van der Waals surface area (Å²) in [6.07, 6.45) is 5.48. The summed E-state index contributed by atoms with van der Waals surface area (Å²) < 4.78 is 5.70. The van der Waals surface area contributed by atoms with Crippen molar-refractivity contribution in [3.05, 3.63) is 0 Å². The lowest BCUT2D eigenvalue weighted by atomic mass is 9.85. The first kappa shape index (κ1) is 14.9. The van der Waals surface area contributed by atoms with Gasteiger partial charge in [0.2, 0.25) is 0 Å². The van der Waals surface area contributed by atoms with E-state index in [1.807, 2.05) is 7.05 Å². The topological polar surface area (TPSA) is 24.5 Å². The van der Waals surface area contributed by atoms with Gasteiger partial charge in [-0.05, 0) is 38.8 Å². The Labute approximate surface area is 107 Å². The van der Waals surface area contributed by atoms with Gasteiger partial charge in [0, 0.05) is 26.2 Å². The molecule has 0 radical (unpaired) electrons. The zero-order chi connectivity index (χ0) is 12.7. The van der Waals surface area contributed by atoms with Crippen LogP contribution in [0.5, 0.6) is 0 Å². The molecule has 1 heterocycles. The van der Waals surface area contributed by atoms with Gasteiger partial charge in [-0.15, -0.1) is 0 Å². The van der Waals surface area contributed by atoms with Gasteiger partial charge in [-0.3, -0.25) is 0 Å². The van der Waals surface area contributed by atoms with Crippen LogP contribution in [0.15, 0.2) is 0 Å². The molecule has 0 aromatic rings. The van der Waals surface area contributed by atoms with Crippen LogP contribution in [-0.2, 0) is 4.74 Å². The largest absolute Gasteiger partial charge is 0.377 e. The van der Waals surface area contributed by atoms with Crippen LogP contribution in [-0.4, -0.2) is 51.3 Å². The number of nitrogens with zero attached hydrogens (tertiary/aromatic N) is 1. The van der Waals surface area contributed by atoms with Crippen molar-refractivity contribution in [2.75, 3.05) is 40.3 Å². The van der Waals surface area contributed by atoms with Gasteiger partial charge in [0.05, 0.1) is 6.10 Å². The first-order chi connectivity index (χ1) is 8.09. The highest BCUT2D eigenvalue weighted by atomic mass is 16.5. The average molecular weight is 242 g/mol. The fraction of sp³-hybridized carbons (Fsp3) is 1.00. The zero-order valence-corrected chi connectivity index (χ0v) is 12.1. The molecule has 2 unspecified atom stereocenters. The van der Waals surface area contributed by atoms with E-state index < -0.39 is 0 Å². The molecule has 17 heavy (non-hydrogen) atoms. The van der Waals surface area contributed by atoms with E-state index >= 15 is 0 Å². The molecule has 0 aromatic heterocycles. The Morgan fingerprint density at radius 2 is 2.24 bits per heavy atom. The predicted molar refractivity (Wildman–Crippen MR) is 73.4 cm³/mol. The second-order valence-corrected chi connectivity index (χ2v) is 5.92. The molecular weight excluding hydrogens is 212 g/mol. The molecule has 1 N–H and O–H groups in total. The lowest BCUT2D eigenvalue weighted by molar-refractivity contribution is 0.0657. The van der Waals surface area contributed by atoms with Crippen LogP contribution < -0.4 is 5.32 Å². The molecule has 3 heteroatoms. The molecule has 102 valence electrons. The van der Waals surface area contributed by atoms with Crippen LogP contribution in [0.3, 0.4) is 0 Å². The maximum atomic E-state index is 5.70.